The normalized spacial score (nSPS) is 10.8. The van der Waals surface area contributed by atoms with Crippen LogP contribution in [0, 0.1) is 5.82 Å². The molecular formula is C16H12BClFN2. The molecule has 0 unspecified atom stereocenters. The standard InChI is InChI=1S/C16H12BClFN2/c1-17-9-14-15(10-5-2-3-6-11(10)18)21-16-12(19)7-4-8-13(16)20-14/h2-8H,9H2,1H3. The van der Waals surface area contributed by atoms with E-state index < -0.39 is 0 Å². The summed E-state index contributed by atoms with van der Waals surface area (Å²) in [5.74, 6) is -0.375. The van der Waals surface area contributed by atoms with E-state index in [1.54, 1.807) is 18.2 Å². The highest BCUT2D eigenvalue weighted by Crippen LogP contribution is 2.30. The maximum Gasteiger partial charge on any atom is 0.151 e. The van der Waals surface area contributed by atoms with Crippen LogP contribution in [0.3, 0.4) is 0 Å². The van der Waals surface area contributed by atoms with Crippen molar-refractivity contribution >= 4 is 29.9 Å². The Morgan fingerprint density at radius 2 is 1.90 bits per heavy atom. The second kappa shape index (κ2) is 5.82. The average Bonchev–Trinajstić information content (AvgIpc) is 2.48. The van der Waals surface area contributed by atoms with Crippen LogP contribution in [0.1, 0.15) is 5.69 Å². The molecule has 0 N–H and O–H groups in total. The fraction of sp³-hybridized carbons (Fsp3) is 0.125. The van der Waals surface area contributed by atoms with E-state index in [0.717, 1.165) is 11.3 Å². The Labute approximate surface area is 128 Å². The average molecular weight is 298 g/mol. The fourth-order valence-corrected chi connectivity index (χ4v) is 2.51. The van der Waals surface area contributed by atoms with Crippen LogP contribution in [0.4, 0.5) is 4.39 Å². The van der Waals surface area contributed by atoms with Gasteiger partial charge in [-0.1, -0.05) is 42.7 Å². The highest BCUT2D eigenvalue weighted by Gasteiger charge is 2.14. The van der Waals surface area contributed by atoms with Crippen LogP contribution in [0.15, 0.2) is 42.5 Å². The number of fused-ring (bicyclic) bond motifs is 1. The number of rotatable bonds is 3. The van der Waals surface area contributed by atoms with E-state index in [1.165, 1.54) is 6.07 Å². The SMILES string of the molecule is C[B]Cc1nc2cccc(F)c2nc1-c1ccccc1Cl. The van der Waals surface area contributed by atoms with Gasteiger partial charge >= 0.3 is 0 Å². The largest absolute Gasteiger partial charge is 0.250 e. The molecule has 21 heavy (non-hydrogen) atoms. The van der Waals surface area contributed by atoms with Crippen LogP contribution in [0.5, 0.6) is 0 Å². The minimum absolute atomic E-state index is 0.271. The molecule has 0 aliphatic carbocycles. The number of halogens is 2. The van der Waals surface area contributed by atoms with E-state index in [9.17, 15) is 4.39 Å². The molecule has 2 aromatic carbocycles. The molecule has 0 fully saturated rings. The number of para-hydroxylation sites is 1. The first-order valence-corrected chi connectivity index (χ1v) is 7.06. The van der Waals surface area contributed by atoms with Crippen LogP contribution >= 0.6 is 11.6 Å². The van der Waals surface area contributed by atoms with Crippen molar-refractivity contribution in [3.63, 3.8) is 0 Å². The predicted molar refractivity (Wildman–Crippen MR) is 85.3 cm³/mol. The molecule has 1 aromatic heterocycles. The van der Waals surface area contributed by atoms with Crippen molar-refractivity contribution < 1.29 is 4.39 Å². The van der Waals surface area contributed by atoms with Crippen molar-refractivity contribution in [1.29, 1.82) is 0 Å². The lowest BCUT2D eigenvalue weighted by atomic mass is 9.76. The molecule has 0 saturated heterocycles. The van der Waals surface area contributed by atoms with E-state index in [0.29, 0.717) is 22.6 Å². The van der Waals surface area contributed by atoms with Gasteiger partial charge in [0, 0.05) is 5.56 Å². The fourth-order valence-electron chi connectivity index (χ4n) is 2.28. The van der Waals surface area contributed by atoms with Gasteiger partial charge < -0.3 is 0 Å². The highest BCUT2D eigenvalue weighted by molar-refractivity contribution is 6.34. The van der Waals surface area contributed by atoms with Crippen molar-refractivity contribution in [3.8, 4) is 11.3 Å². The molecular weight excluding hydrogens is 285 g/mol. The summed E-state index contributed by atoms with van der Waals surface area (Å²) >= 11 is 6.25. The second-order valence-electron chi connectivity index (χ2n) is 4.72. The maximum absolute atomic E-state index is 14.0. The number of aromatic nitrogens is 2. The number of benzene rings is 2. The molecule has 0 aliphatic rings. The quantitative estimate of drug-likeness (QED) is 0.672. The van der Waals surface area contributed by atoms with Crippen molar-refractivity contribution in [2.75, 3.05) is 0 Å². The lowest BCUT2D eigenvalue weighted by molar-refractivity contribution is 0.636. The van der Waals surface area contributed by atoms with Crippen molar-refractivity contribution in [2.24, 2.45) is 0 Å². The van der Waals surface area contributed by atoms with E-state index in [-0.39, 0.29) is 11.3 Å². The Morgan fingerprint density at radius 3 is 2.67 bits per heavy atom. The van der Waals surface area contributed by atoms with Gasteiger partial charge in [-0.05, 0) is 24.5 Å². The Bertz CT molecular complexity index is 807. The lowest BCUT2D eigenvalue weighted by Crippen LogP contribution is -2.03. The van der Waals surface area contributed by atoms with Crippen molar-refractivity contribution in [2.45, 2.75) is 13.1 Å². The summed E-state index contributed by atoms with van der Waals surface area (Å²) < 4.78 is 14.0. The summed E-state index contributed by atoms with van der Waals surface area (Å²) in [5, 5.41) is 0.583. The molecule has 103 valence electrons. The van der Waals surface area contributed by atoms with Gasteiger partial charge in [0.1, 0.15) is 12.8 Å². The van der Waals surface area contributed by atoms with Gasteiger partial charge in [-0.15, -0.1) is 0 Å². The third-order valence-corrected chi connectivity index (χ3v) is 3.57. The highest BCUT2D eigenvalue weighted by atomic mass is 35.5. The van der Waals surface area contributed by atoms with Crippen LogP contribution in [-0.4, -0.2) is 17.2 Å². The van der Waals surface area contributed by atoms with Crippen LogP contribution in [0.2, 0.25) is 11.8 Å². The molecule has 0 saturated carbocycles. The van der Waals surface area contributed by atoms with E-state index in [2.05, 4.69) is 9.97 Å². The first-order valence-electron chi connectivity index (χ1n) is 6.68. The van der Waals surface area contributed by atoms with Gasteiger partial charge in [-0.3, -0.25) is 0 Å². The first kappa shape index (κ1) is 14.0. The molecule has 0 atom stereocenters. The molecule has 1 radical (unpaired) electrons. The molecule has 2 nitrogen and oxygen atoms in total. The third-order valence-electron chi connectivity index (χ3n) is 3.24. The maximum atomic E-state index is 14.0. The van der Waals surface area contributed by atoms with E-state index >= 15 is 0 Å². The zero-order valence-corrected chi connectivity index (χ0v) is 12.2. The lowest BCUT2D eigenvalue weighted by Gasteiger charge is -2.11. The third kappa shape index (κ3) is 2.63. The minimum atomic E-state index is -0.375. The van der Waals surface area contributed by atoms with Crippen LogP contribution in [0.25, 0.3) is 22.3 Å². The molecule has 0 aliphatic heterocycles. The van der Waals surface area contributed by atoms with Gasteiger partial charge in [0.15, 0.2) is 5.82 Å². The second-order valence-corrected chi connectivity index (χ2v) is 5.13. The topological polar surface area (TPSA) is 25.8 Å². The summed E-state index contributed by atoms with van der Waals surface area (Å²) in [6.45, 7) is 1.95. The monoisotopic (exact) mass is 297 g/mol. The molecule has 3 rings (SSSR count). The summed E-state index contributed by atoms with van der Waals surface area (Å²) in [6.07, 6.45) is 0.653. The van der Waals surface area contributed by atoms with Gasteiger partial charge in [-0.2, -0.15) is 0 Å². The van der Waals surface area contributed by atoms with Gasteiger partial charge in [0.2, 0.25) is 0 Å². The van der Waals surface area contributed by atoms with Gasteiger partial charge in [-0.25, -0.2) is 14.4 Å². The zero-order chi connectivity index (χ0) is 14.8. The molecule has 3 aromatic rings. The zero-order valence-electron chi connectivity index (χ0n) is 11.5. The van der Waals surface area contributed by atoms with Crippen molar-refractivity contribution in [1.82, 2.24) is 9.97 Å². The Morgan fingerprint density at radius 1 is 1.10 bits per heavy atom. The van der Waals surface area contributed by atoms with E-state index in [1.807, 2.05) is 32.3 Å². The molecule has 0 spiro atoms. The summed E-state index contributed by atoms with van der Waals surface area (Å²) in [4.78, 5) is 9.03. The number of hydrogen-bond donors (Lipinski definition) is 0. The molecule has 5 heteroatoms. The Hall–Kier alpha value is -1.94. The predicted octanol–water partition coefficient (Wildman–Crippen LogP) is 4.34. The van der Waals surface area contributed by atoms with Crippen molar-refractivity contribution in [3.05, 3.63) is 59.0 Å². The Kier molecular flexibility index (Phi) is 3.89. The Balaban J connectivity index is 2.31. The van der Waals surface area contributed by atoms with Gasteiger partial charge in [0.25, 0.3) is 0 Å². The summed E-state index contributed by atoms with van der Waals surface area (Å²) in [6, 6.07) is 12.2. The van der Waals surface area contributed by atoms with Crippen LogP contribution in [-0.2, 0) is 6.32 Å². The number of nitrogens with zero attached hydrogens (tertiary/aromatic N) is 2. The summed E-state index contributed by atoms with van der Waals surface area (Å²) in [5.41, 5.74) is 3.03. The smallest absolute Gasteiger partial charge is 0.151 e. The van der Waals surface area contributed by atoms with Gasteiger partial charge in [0.05, 0.1) is 21.9 Å². The summed E-state index contributed by atoms with van der Waals surface area (Å²) in [7, 11) is 2.00. The van der Waals surface area contributed by atoms with Crippen LogP contribution < -0.4 is 0 Å². The molecule has 1 heterocycles. The minimum Gasteiger partial charge on any atom is -0.250 e. The number of hydrogen-bond acceptors (Lipinski definition) is 2. The first-order chi connectivity index (χ1) is 10.2. The van der Waals surface area contributed by atoms with E-state index in [4.69, 9.17) is 11.6 Å². The molecule has 0 bridgehead atoms. The molecule has 0 amide bonds.